The van der Waals surface area contributed by atoms with Gasteiger partial charge in [0.25, 0.3) is 0 Å². The van der Waals surface area contributed by atoms with Crippen molar-refractivity contribution in [1.29, 1.82) is 0 Å². The second kappa shape index (κ2) is 4.96. The second-order valence-corrected chi connectivity index (χ2v) is 2.45. The lowest BCUT2D eigenvalue weighted by molar-refractivity contribution is -0.141. The number of halogens is 1. The quantitative estimate of drug-likeness (QED) is 0.606. The Morgan fingerprint density at radius 1 is 1.64 bits per heavy atom. The average Bonchev–Trinajstić information content (AvgIpc) is 1.86. The Balaban J connectivity index is 3.89. The maximum Gasteiger partial charge on any atom is 0.326 e. The smallest absolute Gasteiger partial charge is 0.326 e. The fourth-order valence-corrected chi connectivity index (χ4v) is 0.830. The molecule has 0 rings (SSSR count). The summed E-state index contributed by atoms with van der Waals surface area (Å²) in [5, 5.41) is 10.7. The van der Waals surface area contributed by atoms with Gasteiger partial charge in [0, 0.05) is 12.8 Å². The van der Waals surface area contributed by atoms with Gasteiger partial charge in [-0.25, -0.2) is 4.79 Å². The highest BCUT2D eigenvalue weighted by Gasteiger charge is 2.16. The lowest BCUT2D eigenvalue weighted by Crippen LogP contribution is -2.39. The predicted octanol–water partition coefficient (Wildman–Crippen LogP) is 0.205. The van der Waals surface area contributed by atoms with Crippen LogP contribution in [0, 0.1) is 0 Å². The highest BCUT2D eigenvalue weighted by atomic mass is 35.5. The Morgan fingerprint density at radius 2 is 2.18 bits per heavy atom. The molecule has 64 valence electrons. The van der Waals surface area contributed by atoms with Crippen LogP contribution in [0.2, 0.25) is 0 Å². The van der Waals surface area contributed by atoms with Crippen molar-refractivity contribution in [3.05, 3.63) is 0 Å². The van der Waals surface area contributed by atoms with Crippen LogP contribution in [0.1, 0.15) is 13.3 Å². The van der Waals surface area contributed by atoms with Gasteiger partial charge in [-0.2, -0.15) is 0 Å². The molecule has 0 aliphatic carbocycles. The van der Waals surface area contributed by atoms with Gasteiger partial charge in [-0.15, -0.1) is 11.6 Å². The molecule has 0 heterocycles. The van der Waals surface area contributed by atoms with E-state index in [2.05, 4.69) is 5.32 Å². The van der Waals surface area contributed by atoms with Crippen LogP contribution in [-0.2, 0) is 9.59 Å². The molecule has 2 N–H and O–H groups in total. The van der Waals surface area contributed by atoms with Crippen LogP contribution in [0.25, 0.3) is 0 Å². The summed E-state index contributed by atoms with van der Waals surface area (Å²) >= 11 is 5.31. The van der Waals surface area contributed by atoms with E-state index < -0.39 is 12.0 Å². The number of hydrogen-bond donors (Lipinski definition) is 2. The Morgan fingerprint density at radius 3 is 2.45 bits per heavy atom. The summed E-state index contributed by atoms with van der Waals surface area (Å²) in [5.41, 5.74) is 0. The molecule has 0 radical (unpaired) electrons. The van der Waals surface area contributed by atoms with Gasteiger partial charge in [0.05, 0.1) is 0 Å². The second-order valence-electron chi connectivity index (χ2n) is 2.07. The van der Waals surface area contributed by atoms with Crippen molar-refractivity contribution in [3.63, 3.8) is 0 Å². The number of alkyl halides is 1. The van der Waals surface area contributed by atoms with E-state index in [1.807, 2.05) is 0 Å². The van der Waals surface area contributed by atoms with Crippen LogP contribution >= 0.6 is 11.6 Å². The zero-order chi connectivity index (χ0) is 8.85. The first-order valence-corrected chi connectivity index (χ1v) is 3.67. The van der Waals surface area contributed by atoms with Gasteiger partial charge in [-0.3, -0.25) is 4.79 Å². The molecule has 1 amide bonds. The minimum absolute atomic E-state index is 0.219. The summed E-state index contributed by atoms with van der Waals surface area (Å²) in [6.07, 6.45) is 0.246. The fourth-order valence-electron chi connectivity index (χ4n) is 0.612. The molecule has 0 bridgehead atoms. The summed E-state index contributed by atoms with van der Waals surface area (Å²) in [5.74, 6) is -1.19. The zero-order valence-corrected chi connectivity index (χ0v) is 6.89. The van der Waals surface area contributed by atoms with E-state index in [-0.39, 0.29) is 18.2 Å². The van der Waals surface area contributed by atoms with Gasteiger partial charge < -0.3 is 10.4 Å². The Labute approximate surface area is 69.5 Å². The highest BCUT2D eigenvalue weighted by Crippen LogP contribution is 1.94. The maximum atomic E-state index is 10.4. The molecule has 0 spiro atoms. The molecule has 4 nitrogen and oxygen atoms in total. The Bertz CT molecular complexity index is 160. The molecule has 0 aliphatic rings. The molecular weight excluding hydrogens is 170 g/mol. The van der Waals surface area contributed by atoms with Gasteiger partial charge in [0.15, 0.2) is 0 Å². The molecular formula is C6H10ClNO3. The average molecular weight is 180 g/mol. The Kier molecular flexibility index (Phi) is 4.61. The molecule has 5 heteroatoms. The van der Waals surface area contributed by atoms with E-state index in [9.17, 15) is 9.59 Å². The number of carbonyl (C=O) groups excluding carboxylic acids is 1. The largest absolute Gasteiger partial charge is 0.480 e. The number of nitrogens with one attached hydrogen (secondary N) is 1. The third-order valence-corrected chi connectivity index (χ3v) is 1.29. The number of carbonyl (C=O) groups is 2. The minimum atomic E-state index is -1.05. The van der Waals surface area contributed by atoms with Crippen LogP contribution in [0.3, 0.4) is 0 Å². The molecule has 0 aromatic heterocycles. The van der Waals surface area contributed by atoms with Crippen LogP contribution in [0.15, 0.2) is 0 Å². The molecule has 0 saturated heterocycles. The number of carboxylic acid groups (broad SMARTS) is 1. The first-order valence-electron chi connectivity index (χ1n) is 3.13. The van der Waals surface area contributed by atoms with Gasteiger partial charge in [0.1, 0.15) is 6.04 Å². The predicted molar refractivity (Wildman–Crippen MR) is 40.6 cm³/mol. The SMILES string of the molecule is CC(=O)NC(CCCl)C(=O)O. The van der Waals surface area contributed by atoms with E-state index in [0.717, 1.165) is 0 Å². The van der Waals surface area contributed by atoms with Crippen LogP contribution in [0.4, 0.5) is 0 Å². The summed E-state index contributed by atoms with van der Waals surface area (Å²) in [7, 11) is 0. The Hall–Kier alpha value is -0.770. The summed E-state index contributed by atoms with van der Waals surface area (Å²) < 4.78 is 0. The third-order valence-electron chi connectivity index (χ3n) is 1.07. The van der Waals surface area contributed by atoms with Crippen LogP contribution in [0.5, 0.6) is 0 Å². The summed E-state index contributed by atoms with van der Waals surface area (Å²) in [6, 6.07) is -0.856. The first kappa shape index (κ1) is 10.2. The summed E-state index contributed by atoms with van der Waals surface area (Å²) in [4.78, 5) is 20.8. The number of hydrogen-bond acceptors (Lipinski definition) is 2. The highest BCUT2D eigenvalue weighted by molar-refractivity contribution is 6.18. The first-order chi connectivity index (χ1) is 5.07. The van der Waals surface area contributed by atoms with Crippen LogP contribution in [-0.4, -0.2) is 28.9 Å². The van der Waals surface area contributed by atoms with Gasteiger partial charge in [0.2, 0.25) is 5.91 Å². The standard InChI is InChI=1S/C6H10ClNO3/c1-4(9)8-5(2-3-7)6(10)11/h5H,2-3H2,1H3,(H,8,9)(H,10,11). The molecule has 0 saturated carbocycles. The number of aliphatic carboxylic acids is 1. The van der Waals surface area contributed by atoms with Gasteiger partial charge >= 0.3 is 5.97 Å². The number of amides is 1. The van der Waals surface area contributed by atoms with Crippen molar-refractivity contribution in [2.45, 2.75) is 19.4 Å². The molecule has 11 heavy (non-hydrogen) atoms. The molecule has 0 aliphatic heterocycles. The lowest BCUT2D eigenvalue weighted by atomic mass is 10.2. The fraction of sp³-hybridized carbons (Fsp3) is 0.667. The summed E-state index contributed by atoms with van der Waals surface area (Å²) in [6.45, 7) is 1.27. The van der Waals surface area contributed by atoms with E-state index in [0.29, 0.717) is 0 Å². The van der Waals surface area contributed by atoms with E-state index >= 15 is 0 Å². The van der Waals surface area contributed by atoms with Crippen molar-refractivity contribution in [2.24, 2.45) is 0 Å². The minimum Gasteiger partial charge on any atom is -0.480 e. The molecule has 0 aromatic rings. The van der Waals surface area contributed by atoms with E-state index in [4.69, 9.17) is 16.7 Å². The van der Waals surface area contributed by atoms with Gasteiger partial charge in [-0.05, 0) is 6.42 Å². The van der Waals surface area contributed by atoms with Crippen molar-refractivity contribution < 1.29 is 14.7 Å². The van der Waals surface area contributed by atoms with Crippen molar-refractivity contribution in [2.75, 3.05) is 5.88 Å². The zero-order valence-electron chi connectivity index (χ0n) is 6.13. The maximum absolute atomic E-state index is 10.4. The molecule has 1 atom stereocenters. The van der Waals surface area contributed by atoms with Crippen LogP contribution < -0.4 is 5.32 Å². The van der Waals surface area contributed by atoms with Crippen molar-refractivity contribution in [3.8, 4) is 0 Å². The number of rotatable bonds is 4. The molecule has 1 unspecified atom stereocenters. The normalized spacial score (nSPS) is 12.2. The lowest BCUT2D eigenvalue weighted by Gasteiger charge is -2.10. The molecule has 0 aromatic carbocycles. The number of carboxylic acids is 1. The monoisotopic (exact) mass is 179 g/mol. The van der Waals surface area contributed by atoms with Crippen molar-refractivity contribution in [1.82, 2.24) is 5.32 Å². The van der Waals surface area contributed by atoms with E-state index in [1.165, 1.54) is 6.92 Å². The van der Waals surface area contributed by atoms with Gasteiger partial charge in [-0.1, -0.05) is 0 Å². The third kappa shape index (κ3) is 4.61. The topological polar surface area (TPSA) is 66.4 Å². The van der Waals surface area contributed by atoms with E-state index in [1.54, 1.807) is 0 Å². The van der Waals surface area contributed by atoms with Crippen molar-refractivity contribution >= 4 is 23.5 Å². The molecule has 0 fully saturated rings.